The summed E-state index contributed by atoms with van der Waals surface area (Å²) in [5.74, 6) is -0.652. The van der Waals surface area contributed by atoms with E-state index in [4.69, 9.17) is 9.47 Å². The molecule has 1 atom stereocenters. The van der Waals surface area contributed by atoms with Gasteiger partial charge in [-0.15, -0.1) is 0 Å². The SMILES string of the molecule is C=C(OC(=C)c1ccc2cc(C(=O)N3CCOCC3)[nH]c2c1)C(=O)N[C@H](C(=O)NC)C1CCCCC1. The molecule has 2 fully saturated rings. The Labute approximate surface area is 210 Å². The van der Waals surface area contributed by atoms with Gasteiger partial charge in [-0.25, -0.2) is 0 Å². The number of amides is 3. The summed E-state index contributed by atoms with van der Waals surface area (Å²) in [4.78, 5) is 43.0. The molecule has 0 spiro atoms. The van der Waals surface area contributed by atoms with E-state index in [1.54, 1.807) is 11.9 Å². The van der Waals surface area contributed by atoms with Gasteiger partial charge in [0.25, 0.3) is 11.8 Å². The molecule has 1 aromatic heterocycles. The summed E-state index contributed by atoms with van der Waals surface area (Å²) in [6.45, 7) is 9.90. The normalized spacial score (nSPS) is 17.3. The number of aromatic nitrogens is 1. The van der Waals surface area contributed by atoms with E-state index in [0.29, 0.717) is 37.6 Å². The van der Waals surface area contributed by atoms with Crippen LogP contribution in [0.25, 0.3) is 16.7 Å². The highest BCUT2D eigenvalue weighted by Gasteiger charge is 2.31. The standard InChI is InChI=1S/C27H34N4O5/c1-17(36-18(2)25(32)30-24(26(33)28-3)19-7-5-4-6-8-19)20-9-10-21-16-23(29-22(21)15-20)27(34)31-11-13-35-14-12-31/h9-10,15-16,19,24,29H,1-2,4-8,11-14H2,3H3,(H,28,33)(H,30,32)/t24-/m0/s1. The number of nitrogens with zero attached hydrogens (tertiary/aromatic N) is 1. The van der Waals surface area contributed by atoms with Crippen molar-refractivity contribution in [2.45, 2.75) is 38.1 Å². The van der Waals surface area contributed by atoms with Crippen LogP contribution in [-0.4, -0.2) is 67.0 Å². The van der Waals surface area contributed by atoms with Crippen molar-refractivity contribution in [1.29, 1.82) is 0 Å². The first-order valence-electron chi connectivity index (χ1n) is 12.5. The fraction of sp³-hybridized carbons (Fsp3) is 0.444. The Balaban J connectivity index is 1.40. The topological polar surface area (TPSA) is 113 Å². The number of H-pyrrole nitrogens is 1. The molecule has 1 aliphatic heterocycles. The van der Waals surface area contributed by atoms with Gasteiger partial charge in [0.15, 0.2) is 5.76 Å². The van der Waals surface area contributed by atoms with E-state index in [0.717, 1.165) is 43.0 Å². The minimum Gasteiger partial charge on any atom is -0.452 e. The van der Waals surface area contributed by atoms with Gasteiger partial charge < -0.3 is 30.0 Å². The largest absolute Gasteiger partial charge is 0.452 e. The van der Waals surface area contributed by atoms with E-state index in [-0.39, 0.29) is 29.3 Å². The van der Waals surface area contributed by atoms with Crippen molar-refractivity contribution in [3.8, 4) is 0 Å². The number of carbonyl (C=O) groups excluding carboxylic acids is 3. The predicted molar refractivity (Wildman–Crippen MR) is 137 cm³/mol. The quantitative estimate of drug-likeness (QED) is 0.386. The molecule has 0 radical (unpaired) electrons. The molecule has 1 saturated heterocycles. The molecule has 1 aliphatic carbocycles. The highest BCUT2D eigenvalue weighted by atomic mass is 16.5. The molecule has 3 amide bonds. The average Bonchev–Trinajstić information content (AvgIpc) is 3.35. The second kappa shape index (κ2) is 11.4. The Morgan fingerprint density at radius 3 is 2.53 bits per heavy atom. The summed E-state index contributed by atoms with van der Waals surface area (Å²) < 4.78 is 11.0. The number of carbonyl (C=O) groups is 3. The summed E-state index contributed by atoms with van der Waals surface area (Å²) >= 11 is 0. The van der Waals surface area contributed by atoms with E-state index in [1.165, 1.54) is 0 Å². The van der Waals surface area contributed by atoms with Gasteiger partial charge in [-0.2, -0.15) is 0 Å². The number of benzene rings is 1. The molecule has 1 saturated carbocycles. The molecule has 2 heterocycles. The maximum absolute atomic E-state index is 12.8. The summed E-state index contributed by atoms with van der Waals surface area (Å²) in [5, 5.41) is 6.32. The van der Waals surface area contributed by atoms with Gasteiger partial charge in [0.2, 0.25) is 5.91 Å². The van der Waals surface area contributed by atoms with Gasteiger partial charge in [0.1, 0.15) is 17.5 Å². The van der Waals surface area contributed by atoms with Crippen molar-refractivity contribution in [2.75, 3.05) is 33.4 Å². The zero-order valence-electron chi connectivity index (χ0n) is 20.7. The Morgan fingerprint density at radius 2 is 1.83 bits per heavy atom. The van der Waals surface area contributed by atoms with Crippen LogP contribution in [0.3, 0.4) is 0 Å². The van der Waals surface area contributed by atoms with Crippen molar-refractivity contribution in [3.63, 3.8) is 0 Å². The molecule has 3 N–H and O–H groups in total. The number of likely N-dealkylation sites (N-methyl/N-ethyl adjacent to an activating group) is 1. The number of morpholine rings is 1. The maximum atomic E-state index is 12.8. The number of hydrogen-bond acceptors (Lipinski definition) is 5. The molecule has 2 aliphatic rings. The lowest BCUT2D eigenvalue weighted by molar-refractivity contribution is -0.129. The number of ether oxygens (including phenoxy) is 2. The molecule has 9 heteroatoms. The molecule has 2 aromatic rings. The third-order valence-electron chi connectivity index (χ3n) is 6.91. The van der Waals surface area contributed by atoms with Crippen LogP contribution in [0.5, 0.6) is 0 Å². The first-order valence-corrected chi connectivity index (χ1v) is 12.5. The molecule has 192 valence electrons. The van der Waals surface area contributed by atoms with Crippen molar-refractivity contribution < 1.29 is 23.9 Å². The third kappa shape index (κ3) is 5.79. The van der Waals surface area contributed by atoms with E-state index < -0.39 is 11.9 Å². The monoisotopic (exact) mass is 494 g/mol. The number of fused-ring (bicyclic) bond motifs is 1. The van der Waals surface area contributed by atoms with Crippen LogP contribution in [-0.2, 0) is 19.1 Å². The highest BCUT2D eigenvalue weighted by Crippen LogP contribution is 2.27. The average molecular weight is 495 g/mol. The fourth-order valence-electron chi connectivity index (χ4n) is 4.85. The van der Waals surface area contributed by atoms with Crippen molar-refractivity contribution in [2.24, 2.45) is 5.92 Å². The van der Waals surface area contributed by atoms with Crippen LogP contribution in [0.4, 0.5) is 0 Å². The van der Waals surface area contributed by atoms with Crippen molar-refractivity contribution >= 4 is 34.4 Å². The second-order valence-corrected chi connectivity index (χ2v) is 9.30. The van der Waals surface area contributed by atoms with Gasteiger partial charge in [0, 0.05) is 36.6 Å². The van der Waals surface area contributed by atoms with E-state index in [2.05, 4.69) is 28.8 Å². The van der Waals surface area contributed by atoms with Gasteiger partial charge in [0.05, 0.1) is 13.2 Å². The highest BCUT2D eigenvalue weighted by molar-refractivity contribution is 5.99. The number of aromatic amines is 1. The van der Waals surface area contributed by atoms with Crippen molar-refractivity contribution in [1.82, 2.24) is 20.5 Å². The third-order valence-corrected chi connectivity index (χ3v) is 6.91. The van der Waals surface area contributed by atoms with Crippen LogP contribution in [0.15, 0.2) is 43.2 Å². The summed E-state index contributed by atoms with van der Waals surface area (Å²) in [7, 11) is 1.56. The van der Waals surface area contributed by atoms with Crippen LogP contribution in [0, 0.1) is 5.92 Å². The summed E-state index contributed by atoms with van der Waals surface area (Å²) in [6, 6.07) is 6.67. The first-order chi connectivity index (χ1) is 17.4. The molecule has 0 bridgehead atoms. The number of nitrogens with one attached hydrogen (secondary N) is 3. The second-order valence-electron chi connectivity index (χ2n) is 9.30. The molecule has 9 nitrogen and oxygen atoms in total. The fourth-order valence-corrected chi connectivity index (χ4v) is 4.85. The Hall–Kier alpha value is -3.59. The van der Waals surface area contributed by atoms with Gasteiger partial charge in [-0.05, 0) is 30.9 Å². The van der Waals surface area contributed by atoms with Crippen LogP contribution in [0.2, 0.25) is 0 Å². The van der Waals surface area contributed by atoms with Crippen LogP contribution < -0.4 is 10.6 Å². The molecule has 1 aromatic carbocycles. The molecule has 0 unspecified atom stereocenters. The van der Waals surface area contributed by atoms with E-state index in [1.807, 2.05) is 24.3 Å². The summed E-state index contributed by atoms with van der Waals surface area (Å²) in [5.41, 5.74) is 1.89. The minimum atomic E-state index is -0.630. The van der Waals surface area contributed by atoms with Gasteiger partial charge >= 0.3 is 0 Å². The minimum absolute atomic E-state index is 0.0696. The zero-order valence-corrected chi connectivity index (χ0v) is 20.7. The van der Waals surface area contributed by atoms with Crippen LogP contribution >= 0.6 is 0 Å². The Morgan fingerprint density at radius 1 is 1.11 bits per heavy atom. The number of hydrogen-bond donors (Lipinski definition) is 3. The Bertz CT molecular complexity index is 1160. The lowest BCUT2D eigenvalue weighted by Gasteiger charge is -2.29. The zero-order chi connectivity index (χ0) is 25.7. The van der Waals surface area contributed by atoms with Crippen LogP contribution in [0.1, 0.15) is 48.2 Å². The molecule has 36 heavy (non-hydrogen) atoms. The predicted octanol–water partition coefficient (Wildman–Crippen LogP) is 2.95. The van der Waals surface area contributed by atoms with E-state index >= 15 is 0 Å². The first kappa shape index (κ1) is 25.5. The lowest BCUT2D eigenvalue weighted by Crippen LogP contribution is -2.51. The smallest absolute Gasteiger partial charge is 0.287 e. The molecule has 4 rings (SSSR count). The molecular weight excluding hydrogens is 460 g/mol. The Kier molecular flexibility index (Phi) is 8.10. The lowest BCUT2D eigenvalue weighted by atomic mass is 9.83. The van der Waals surface area contributed by atoms with E-state index in [9.17, 15) is 14.4 Å². The van der Waals surface area contributed by atoms with Gasteiger partial charge in [-0.1, -0.05) is 44.6 Å². The number of rotatable bonds is 8. The maximum Gasteiger partial charge on any atom is 0.287 e. The van der Waals surface area contributed by atoms with Crippen molar-refractivity contribution in [3.05, 3.63) is 54.4 Å². The van der Waals surface area contributed by atoms with Gasteiger partial charge in [-0.3, -0.25) is 14.4 Å². The molecular formula is C27H34N4O5. The summed E-state index contributed by atoms with van der Waals surface area (Å²) in [6.07, 6.45) is 5.02.